The summed E-state index contributed by atoms with van der Waals surface area (Å²) in [6.45, 7) is 0.672. The summed E-state index contributed by atoms with van der Waals surface area (Å²) in [4.78, 5) is 26.2. The van der Waals surface area contributed by atoms with Crippen LogP contribution in [0.2, 0.25) is 5.02 Å². The van der Waals surface area contributed by atoms with Crippen molar-refractivity contribution in [2.45, 2.75) is 12.5 Å². The van der Waals surface area contributed by atoms with Crippen LogP contribution in [0, 0.1) is 10.1 Å². The van der Waals surface area contributed by atoms with E-state index in [1.165, 1.54) is 17.2 Å². The van der Waals surface area contributed by atoms with Crippen molar-refractivity contribution in [3.8, 4) is 0 Å². The molecule has 0 saturated carbocycles. The molecule has 0 aliphatic carbocycles. The molecule has 1 aliphatic rings. The molecular formula is C10H11ClN4O4. The van der Waals surface area contributed by atoms with Crippen LogP contribution < -0.4 is 5.32 Å². The Morgan fingerprint density at radius 3 is 3.00 bits per heavy atom. The Morgan fingerprint density at radius 2 is 2.42 bits per heavy atom. The van der Waals surface area contributed by atoms with E-state index in [9.17, 15) is 14.9 Å². The first-order valence-electron chi connectivity index (χ1n) is 5.51. The molecule has 8 nitrogen and oxygen atoms in total. The lowest BCUT2D eigenvalue weighted by atomic mass is 10.2. The van der Waals surface area contributed by atoms with E-state index >= 15 is 0 Å². The maximum atomic E-state index is 10.9. The van der Waals surface area contributed by atoms with Gasteiger partial charge in [0.2, 0.25) is 5.82 Å². The van der Waals surface area contributed by atoms with E-state index in [4.69, 9.17) is 16.7 Å². The number of carboxylic acid groups (broad SMARTS) is 1. The average molecular weight is 287 g/mol. The number of nitrogens with zero attached hydrogens (tertiary/aromatic N) is 3. The van der Waals surface area contributed by atoms with Crippen molar-refractivity contribution in [3.63, 3.8) is 0 Å². The molecule has 1 fully saturated rings. The fourth-order valence-corrected chi connectivity index (χ4v) is 2.08. The van der Waals surface area contributed by atoms with Crippen LogP contribution in [-0.2, 0) is 0 Å². The van der Waals surface area contributed by atoms with E-state index in [1.54, 1.807) is 0 Å². The summed E-state index contributed by atoms with van der Waals surface area (Å²) in [5.74, 6) is 0.103. The third kappa shape index (κ3) is 3.02. The van der Waals surface area contributed by atoms with Gasteiger partial charge in [0.25, 0.3) is 0 Å². The molecule has 1 aromatic heterocycles. The molecule has 1 aliphatic heterocycles. The summed E-state index contributed by atoms with van der Waals surface area (Å²) in [5, 5.41) is 22.8. The number of rotatable bonds is 3. The van der Waals surface area contributed by atoms with E-state index in [0.29, 0.717) is 13.0 Å². The maximum absolute atomic E-state index is 10.9. The molecule has 2 heterocycles. The fraction of sp³-hybridized carbons (Fsp3) is 0.400. The SMILES string of the molecule is O=C(O)N1CCC(Nc2ncc(Cl)cc2[N+](=O)[O-])C1. The second-order valence-electron chi connectivity index (χ2n) is 4.14. The van der Waals surface area contributed by atoms with Gasteiger partial charge in [-0.15, -0.1) is 0 Å². The number of likely N-dealkylation sites (tertiary alicyclic amines) is 1. The van der Waals surface area contributed by atoms with Gasteiger partial charge in [0.15, 0.2) is 0 Å². The van der Waals surface area contributed by atoms with Crippen molar-refractivity contribution in [1.82, 2.24) is 9.88 Å². The molecule has 2 N–H and O–H groups in total. The summed E-state index contributed by atoms with van der Waals surface area (Å²) < 4.78 is 0. The second-order valence-corrected chi connectivity index (χ2v) is 4.57. The number of nitro groups is 1. The van der Waals surface area contributed by atoms with Gasteiger partial charge < -0.3 is 15.3 Å². The highest BCUT2D eigenvalue weighted by Gasteiger charge is 2.28. The Morgan fingerprint density at radius 1 is 1.68 bits per heavy atom. The zero-order valence-electron chi connectivity index (χ0n) is 9.74. The molecule has 0 radical (unpaired) electrons. The van der Waals surface area contributed by atoms with Gasteiger partial charge >= 0.3 is 11.8 Å². The summed E-state index contributed by atoms with van der Waals surface area (Å²) in [6, 6.07) is 1.02. The number of pyridine rings is 1. The minimum absolute atomic E-state index is 0.103. The van der Waals surface area contributed by atoms with Crippen LogP contribution in [0.15, 0.2) is 12.3 Å². The van der Waals surface area contributed by atoms with E-state index in [-0.39, 0.29) is 29.1 Å². The van der Waals surface area contributed by atoms with E-state index < -0.39 is 11.0 Å². The number of halogens is 1. The van der Waals surface area contributed by atoms with E-state index in [2.05, 4.69) is 10.3 Å². The van der Waals surface area contributed by atoms with Gasteiger partial charge in [0, 0.05) is 31.4 Å². The zero-order valence-corrected chi connectivity index (χ0v) is 10.5. The third-order valence-electron chi connectivity index (χ3n) is 2.83. The Bertz CT molecular complexity index is 524. The van der Waals surface area contributed by atoms with Crippen LogP contribution in [-0.4, -0.2) is 45.1 Å². The number of hydrogen-bond acceptors (Lipinski definition) is 5. The molecular weight excluding hydrogens is 276 g/mol. The normalized spacial score (nSPS) is 18.4. The Balaban J connectivity index is 2.12. The molecule has 0 spiro atoms. The summed E-state index contributed by atoms with van der Waals surface area (Å²) in [5.41, 5.74) is -0.221. The van der Waals surface area contributed by atoms with Gasteiger partial charge in [-0.1, -0.05) is 11.6 Å². The van der Waals surface area contributed by atoms with E-state index in [1.807, 2.05) is 0 Å². The van der Waals surface area contributed by atoms with Crippen LogP contribution in [0.25, 0.3) is 0 Å². The highest BCUT2D eigenvalue weighted by Crippen LogP contribution is 2.26. The summed E-state index contributed by atoms with van der Waals surface area (Å²) in [7, 11) is 0. The number of amides is 1. The minimum Gasteiger partial charge on any atom is -0.465 e. The summed E-state index contributed by atoms with van der Waals surface area (Å²) in [6.07, 6.45) is 0.886. The molecule has 1 aromatic rings. The zero-order chi connectivity index (χ0) is 14.0. The molecule has 102 valence electrons. The van der Waals surface area contributed by atoms with Gasteiger partial charge in [-0.05, 0) is 6.42 Å². The smallest absolute Gasteiger partial charge is 0.407 e. The standard InChI is InChI=1S/C10H11ClN4O4/c11-6-3-8(15(18)19)9(12-4-6)13-7-1-2-14(5-7)10(16)17/h3-4,7H,1-2,5H2,(H,12,13)(H,16,17). The monoisotopic (exact) mass is 286 g/mol. The highest BCUT2D eigenvalue weighted by atomic mass is 35.5. The topological polar surface area (TPSA) is 109 Å². The van der Waals surface area contributed by atoms with Gasteiger partial charge in [0.05, 0.1) is 9.95 Å². The Hall–Kier alpha value is -2.09. The first kappa shape index (κ1) is 13.3. The van der Waals surface area contributed by atoms with Crippen molar-refractivity contribution < 1.29 is 14.8 Å². The molecule has 1 amide bonds. The van der Waals surface area contributed by atoms with Crippen molar-refractivity contribution in [2.75, 3.05) is 18.4 Å². The van der Waals surface area contributed by atoms with Crippen LogP contribution in [0.3, 0.4) is 0 Å². The first-order valence-corrected chi connectivity index (χ1v) is 5.89. The van der Waals surface area contributed by atoms with Crippen LogP contribution in [0.5, 0.6) is 0 Å². The molecule has 1 unspecified atom stereocenters. The lowest BCUT2D eigenvalue weighted by Gasteiger charge is -2.14. The van der Waals surface area contributed by atoms with Crippen molar-refractivity contribution in [1.29, 1.82) is 0 Å². The van der Waals surface area contributed by atoms with Crippen molar-refractivity contribution in [3.05, 3.63) is 27.4 Å². The van der Waals surface area contributed by atoms with Gasteiger partial charge in [0.1, 0.15) is 0 Å². The number of hydrogen-bond donors (Lipinski definition) is 2. The average Bonchev–Trinajstić information content (AvgIpc) is 2.80. The number of anilines is 1. The van der Waals surface area contributed by atoms with Crippen LogP contribution in [0.4, 0.5) is 16.3 Å². The number of carbonyl (C=O) groups is 1. The molecule has 1 saturated heterocycles. The predicted molar refractivity (Wildman–Crippen MR) is 67.5 cm³/mol. The van der Waals surface area contributed by atoms with Gasteiger partial charge in [-0.25, -0.2) is 9.78 Å². The van der Waals surface area contributed by atoms with Crippen LogP contribution in [0.1, 0.15) is 6.42 Å². The summed E-state index contributed by atoms with van der Waals surface area (Å²) >= 11 is 5.66. The van der Waals surface area contributed by atoms with Gasteiger partial charge in [-0.3, -0.25) is 10.1 Å². The first-order chi connectivity index (χ1) is 8.97. The van der Waals surface area contributed by atoms with Crippen LogP contribution >= 0.6 is 11.6 Å². The maximum Gasteiger partial charge on any atom is 0.407 e. The molecule has 19 heavy (non-hydrogen) atoms. The molecule has 2 rings (SSSR count). The molecule has 9 heteroatoms. The number of aromatic nitrogens is 1. The van der Waals surface area contributed by atoms with Gasteiger partial charge in [-0.2, -0.15) is 0 Å². The molecule has 0 aromatic carbocycles. The Kier molecular flexibility index (Phi) is 3.70. The predicted octanol–water partition coefficient (Wildman–Crippen LogP) is 1.81. The fourth-order valence-electron chi connectivity index (χ4n) is 1.92. The lowest BCUT2D eigenvalue weighted by Crippen LogP contribution is -2.30. The lowest BCUT2D eigenvalue weighted by molar-refractivity contribution is -0.384. The minimum atomic E-state index is -0.997. The highest BCUT2D eigenvalue weighted by molar-refractivity contribution is 6.30. The third-order valence-corrected chi connectivity index (χ3v) is 3.04. The van der Waals surface area contributed by atoms with E-state index in [0.717, 1.165) is 0 Å². The quantitative estimate of drug-likeness (QED) is 0.648. The van der Waals surface area contributed by atoms with Crippen molar-refractivity contribution in [2.24, 2.45) is 0 Å². The second kappa shape index (κ2) is 5.27. The molecule has 1 atom stereocenters. The Labute approximate surface area is 113 Å². The molecule has 0 bridgehead atoms. The largest absolute Gasteiger partial charge is 0.465 e. The number of nitrogens with one attached hydrogen (secondary N) is 1. The van der Waals surface area contributed by atoms with Crippen molar-refractivity contribution >= 4 is 29.2 Å².